The average molecular weight is 239 g/mol. The van der Waals surface area contributed by atoms with Crippen LogP contribution < -0.4 is 5.32 Å². The Bertz CT molecular complexity index is 692. The van der Waals surface area contributed by atoms with Gasteiger partial charge in [0, 0.05) is 31.0 Å². The Morgan fingerprint density at radius 1 is 1.17 bits per heavy atom. The summed E-state index contributed by atoms with van der Waals surface area (Å²) in [6, 6.07) is 3.51. The molecule has 18 heavy (non-hydrogen) atoms. The van der Waals surface area contributed by atoms with Crippen LogP contribution in [-0.4, -0.2) is 25.3 Å². The summed E-state index contributed by atoms with van der Waals surface area (Å²) < 4.78 is 1.74. The predicted octanol–water partition coefficient (Wildman–Crippen LogP) is 1.38. The molecule has 0 aromatic carbocycles. The number of aromatic nitrogens is 4. The van der Waals surface area contributed by atoms with Crippen molar-refractivity contribution in [2.45, 2.75) is 0 Å². The van der Waals surface area contributed by atoms with E-state index >= 15 is 0 Å². The highest BCUT2D eigenvalue weighted by Crippen LogP contribution is 2.09. The van der Waals surface area contributed by atoms with Crippen LogP contribution in [0.5, 0.6) is 0 Å². The third kappa shape index (κ3) is 1.80. The Labute approximate surface area is 102 Å². The monoisotopic (exact) mass is 239 g/mol. The number of nitrogens with one attached hydrogen (secondary N) is 1. The van der Waals surface area contributed by atoms with Crippen LogP contribution in [0.15, 0.2) is 49.3 Å². The van der Waals surface area contributed by atoms with Crippen LogP contribution in [0.1, 0.15) is 10.5 Å². The van der Waals surface area contributed by atoms with Gasteiger partial charge in [-0.2, -0.15) is 0 Å². The zero-order valence-electron chi connectivity index (χ0n) is 9.32. The smallest absolute Gasteiger partial charge is 0.278 e. The van der Waals surface area contributed by atoms with E-state index in [0.717, 1.165) is 0 Å². The number of hydrogen-bond acceptors (Lipinski definition) is 4. The van der Waals surface area contributed by atoms with Crippen molar-refractivity contribution in [3.63, 3.8) is 0 Å². The Kier molecular flexibility index (Phi) is 2.45. The van der Waals surface area contributed by atoms with E-state index in [9.17, 15) is 4.79 Å². The minimum atomic E-state index is -0.306. The third-order valence-electron chi connectivity index (χ3n) is 2.45. The van der Waals surface area contributed by atoms with Crippen molar-refractivity contribution < 1.29 is 4.79 Å². The molecule has 3 aromatic heterocycles. The van der Waals surface area contributed by atoms with Crippen LogP contribution >= 0.6 is 0 Å². The molecule has 0 unspecified atom stereocenters. The van der Waals surface area contributed by atoms with Gasteiger partial charge in [-0.05, 0) is 12.1 Å². The van der Waals surface area contributed by atoms with E-state index in [1.165, 1.54) is 0 Å². The fourth-order valence-corrected chi connectivity index (χ4v) is 1.64. The molecule has 88 valence electrons. The number of hydrogen-bond donors (Lipinski definition) is 1. The van der Waals surface area contributed by atoms with Gasteiger partial charge in [-0.3, -0.25) is 9.78 Å². The molecule has 0 bridgehead atoms. The minimum Gasteiger partial charge on any atom is -0.319 e. The van der Waals surface area contributed by atoms with E-state index in [4.69, 9.17) is 0 Å². The second-order valence-corrected chi connectivity index (χ2v) is 3.63. The second-order valence-electron chi connectivity index (χ2n) is 3.63. The van der Waals surface area contributed by atoms with Crippen molar-refractivity contribution in [2.75, 3.05) is 5.32 Å². The van der Waals surface area contributed by atoms with Crippen LogP contribution in [0.3, 0.4) is 0 Å². The zero-order chi connectivity index (χ0) is 12.4. The molecule has 6 heteroatoms. The van der Waals surface area contributed by atoms with Crippen molar-refractivity contribution >= 4 is 17.2 Å². The molecule has 0 aliphatic rings. The normalized spacial score (nSPS) is 10.4. The predicted molar refractivity (Wildman–Crippen MR) is 65.2 cm³/mol. The van der Waals surface area contributed by atoms with E-state index in [0.29, 0.717) is 11.3 Å². The molecule has 3 rings (SSSR count). The van der Waals surface area contributed by atoms with Gasteiger partial charge < -0.3 is 9.72 Å². The molecule has 3 heterocycles. The number of fused-ring (bicyclic) bond motifs is 1. The van der Waals surface area contributed by atoms with Crippen LogP contribution in [0.4, 0.5) is 5.69 Å². The first-order chi connectivity index (χ1) is 8.84. The summed E-state index contributed by atoms with van der Waals surface area (Å²) >= 11 is 0. The van der Waals surface area contributed by atoms with Gasteiger partial charge in [0.2, 0.25) is 0 Å². The van der Waals surface area contributed by atoms with Crippen LogP contribution in [0.2, 0.25) is 0 Å². The molecule has 0 aliphatic heterocycles. The van der Waals surface area contributed by atoms with Crippen LogP contribution in [-0.2, 0) is 0 Å². The lowest BCUT2D eigenvalue weighted by molar-refractivity contribution is 0.102. The lowest BCUT2D eigenvalue weighted by atomic mass is 10.3. The van der Waals surface area contributed by atoms with Crippen molar-refractivity contribution in [2.24, 2.45) is 0 Å². The first-order valence-electron chi connectivity index (χ1n) is 5.33. The highest BCUT2D eigenvalue weighted by atomic mass is 16.1. The molecule has 1 amide bonds. The summed E-state index contributed by atoms with van der Waals surface area (Å²) in [6.07, 6.45) is 9.90. The van der Waals surface area contributed by atoms with Gasteiger partial charge in [0.05, 0.1) is 11.9 Å². The minimum absolute atomic E-state index is 0.284. The van der Waals surface area contributed by atoms with E-state index in [1.807, 2.05) is 0 Å². The zero-order valence-corrected chi connectivity index (χ0v) is 9.32. The Morgan fingerprint density at radius 2 is 2.00 bits per heavy atom. The first-order valence-corrected chi connectivity index (χ1v) is 5.33. The maximum atomic E-state index is 12.1. The highest BCUT2D eigenvalue weighted by molar-refractivity contribution is 6.06. The molecular weight excluding hydrogens is 230 g/mol. The molecule has 6 nitrogen and oxygen atoms in total. The summed E-state index contributed by atoms with van der Waals surface area (Å²) in [5.41, 5.74) is 1.43. The lowest BCUT2D eigenvalue weighted by Crippen LogP contribution is -2.15. The highest BCUT2D eigenvalue weighted by Gasteiger charge is 2.13. The Balaban J connectivity index is 1.95. The largest absolute Gasteiger partial charge is 0.319 e. The molecule has 0 radical (unpaired) electrons. The summed E-state index contributed by atoms with van der Waals surface area (Å²) in [5, 5.41) is 2.72. The van der Waals surface area contributed by atoms with Crippen molar-refractivity contribution in [1.29, 1.82) is 0 Å². The van der Waals surface area contributed by atoms with Gasteiger partial charge in [-0.15, -0.1) is 0 Å². The summed E-state index contributed by atoms with van der Waals surface area (Å²) in [5.74, 6) is -0.306. The van der Waals surface area contributed by atoms with Crippen molar-refractivity contribution in [3.05, 3.63) is 55.0 Å². The molecule has 1 N–H and O–H groups in total. The van der Waals surface area contributed by atoms with Gasteiger partial charge in [-0.25, -0.2) is 9.97 Å². The maximum Gasteiger partial charge on any atom is 0.278 e. The number of carbonyl (C=O) groups is 1. The van der Waals surface area contributed by atoms with E-state index in [-0.39, 0.29) is 11.6 Å². The molecule has 0 saturated heterocycles. The summed E-state index contributed by atoms with van der Waals surface area (Å²) in [6.45, 7) is 0. The molecule has 0 spiro atoms. The summed E-state index contributed by atoms with van der Waals surface area (Å²) in [7, 11) is 0. The van der Waals surface area contributed by atoms with Gasteiger partial charge in [0.15, 0.2) is 11.3 Å². The van der Waals surface area contributed by atoms with Crippen molar-refractivity contribution in [1.82, 2.24) is 19.4 Å². The van der Waals surface area contributed by atoms with Crippen LogP contribution in [0, 0.1) is 0 Å². The summed E-state index contributed by atoms with van der Waals surface area (Å²) in [4.78, 5) is 24.2. The SMILES string of the molecule is O=C(Nc1cccnc1)c1nccn2ccnc12. The van der Waals surface area contributed by atoms with E-state index < -0.39 is 0 Å². The molecular formula is C12H9N5O. The number of anilines is 1. The Morgan fingerprint density at radius 3 is 2.78 bits per heavy atom. The van der Waals surface area contributed by atoms with Gasteiger partial charge in [-0.1, -0.05) is 0 Å². The van der Waals surface area contributed by atoms with Crippen molar-refractivity contribution in [3.8, 4) is 0 Å². The Hall–Kier alpha value is -2.76. The average Bonchev–Trinajstić information content (AvgIpc) is 2.87. The number of rotatable bonds is 2. The second kappa shape index (κ2) is 4.25. The molecule has 0 saturated carbocycles. The molecule has 0 atom stereocenters. The fourth-order valence-electron chi connectivity index (χ4n) is 1.64. The number of carbonyl (C=O) groups excluding carboxylic acids is 1. The third-order valence-corrected chi connectivity index (χ3v) is 2.45. The van der Waals surface area contributed by atoms with E-state index in [2.05, 4.69) is 20.3 Å². The van der Waals surface area contributed by atoms with Crippen LogP contribution in [0.25, 0.3) is 5.65 Å². The first kappa shape index (κ1) is 10.4. The van der Waals surface area contributed by atoms with Gasteiger partial charge in [0.1, 0.15) is 0 Å². The number of amides is 1. The lowest BCUT2D eigenvalue weighted by Gasteiger charge is -2.04. The number of imidazole rings is 1. The standard InChI is InChI=1S/C12H9N5O/c18-12(16-9-2-1-3-13-8-9)10-11-15-5-7-17(11)6-4-14-10/h1-8H,(H,16,18). The van der Waals surface area contributed by atoms with Gasteiger partial charge in [0.25, 0.3) is 5.91 Å². The number of nitrogens with zero attached hydrogens (tertiary/aromatic N) is 4. The molecule has 3 aromatic rings. The van der Waals surface area contributed by atoms with Gasteiger partial charge >= 0.3 is 0 Å². The maximum absolute atomic E-state index is 12.1. The fraction of sp³-hybridized carbons (Fsp3) is 0. The number of pyridine rings is 1. The van der Waals surface area contributed by atoms with E-state index in [1.54, 1.807) is 53.7 Å². The molecule has 0 aliphatic carbocycles. The topological polar surface area (TPSA) is 72.2 Å². The molecule has 0 fully saturated rings. The quantitative estimate of drug-likeness (QED) is 0.733.